The topological polar surface area (TPSA) is 69.0 Å². The summed E-state index contributed by atoms with van der Waals surface area (Å²) in [7, 11) is 1.59. The molecule has 0 radical (unpaired) electrons. The minimum absolute atomic E-state index is 0.0478. The van der Waals surface area contributed by atoms with Crippen LogP contribution >= 0.6 is 11.8 Å². The van der Waals surface area contributed by atoms with Crippen molar-refractivity contribution in [1.29, 1.82) is 0 Å². The second-order valence-electron chi connectivity index (χ2n) is 5.89. The van der Waals surface area contributed by atoms with E-state index < -0.39 is 17.5 Å². The van der Waals surface area contributed by atoms with Gasteiger partial charge in [-0.15, -0.1) is 16.8 Å². The average Bonchev–Trinajstić information content (AvgIpc) is 3.12. The lowest BCUT2D eigenvalue weighted by Gasteiger charge is -2.09. The van der Waals surface area contributed by atoms with Crippen LogP contribution in [0.4, 0.5) is 14.5 Å². The predicted molar refractivity (Wildman–Crippen MR) is 108 cm³/mol. The fourth-order valence-corrected chi connectivity index (χ4v) is 3.30. The van der Waals surface area contributed by atoms with Gasteiger partial charge in [0.2, 0.25) is 5.91 Å². The van der Waals surface area contributed by atoms with E-state index in [0.717, 1.165) is 41.3 Å². The van der Waals surface area contributed by atoms with E-state index in [0.29, 0.717) is 17.5 Å². The summed E-state index contributed by atoms with van der Waals surface area (Å²) in [5.41, 5.74) is 0.625. The maximum absolute atomic E-state index is 13.7. The van der Waals surface area contributed by atoms with Crippen LogP contribution in [0.3, 0.4) is 0 Å². The summed E-state index contributed by atoms with van der Waals surface area (Å²) in [6.45, 7) is 4.19. The number of thioether (sulfide) groups is 1. The summed E-state index contributed by atoms with van der Waals surface area (Å²) in [6, 6.07) is 10.2. The number of benzene rings is 2. The second-order valence-corrected chi connectivity index (χ2v) is 6.84. The maximum Gasteiger partial charge on any atom is 0.234 e. The highest BCUT2D eigenvalue weighted by atomic mass is 32.2. The molecule has 1 aromatic heterocycles. The Morgan fingerprint density at radius 2 is 2.00 bits per heavy atom. The molecule has 0 saturated carbocycles. The van der Waals surface area contributed by atoms with Gasteiger partial charge in [-0.05, 0) is 36.4 Å². The molecule has 9 heteroatoms. The number of hydrogen-bond acceptors (Lipinski definition) is 5. The Balaban J connectivity index is 1.73. The SMILES string of the molecule is C=CCn1c(SCC(=O)Nc2cc(F)ccc2F)nnc1-c1ccc(OC)cc1. The lowest BCUT2D eigenvalue weighted by Crippen LogP contribution is -2.15. The summed E-state index contributed by atoms with van der Waals surface area (Å²) in [5.74, 6) is -0.538. The molecule has 1 heterocycles. The van der Waals surface area contributed by atoms with Crippen LogP contribution in [0.1, 0.15) is 0 Å². The predicted octanol–water partition coefficient (Wildman–Crippen LogP) is 4.15. The normalized spacial score (nSPS) is 10.6. The van der Waals surface area contributed by atoms with Crippen molar-refractivity contribution in [3.63, 3.8) is 0 Å². The first kappa shape index (κ1) is 20.5. The minimum Gasteiger partial charge on any atom is -0.497 e. The van der Waals surface area contributed by atoms with E-state index in [1.54, 1.807) is 13.2 Å². The van der Waals surface area contributed by atoms with E-state index in [2.05, 4.69) is 22.1 Å². The van der Waals surface area contributed by atoms with Crippen LogP contribution in [0.2, 0.25) is 0 Å². The summed E-state index contributed by atoms with van der Waals surface area (Å²) in [5, 5.41) is 11.2. The van der Waals surface area contributed by atoms with Crippen LogP contribution in [0.15, 0.2) is 60.3 Å². The maximum atomic E-state index is 13.7. The molecule has 0 aliphatic carbocycles. The van der Waals surface area contributed by atoms with E-state index in [1.807, 2.05) is 28.8 Å². The standard InChI is InChI=1S/C20H18F2N4O2S/c1-3-10-26-19(13-4-7-15(28-2)8-5-13)24-25-20(26)29-12-18(27)23-17-11-14(21)6-9-16(17)22/h3-9,11H,1,10,12H2,2H3,(H,23,27). The van der Waals surface area contributed by atoms with Crippen LogP contribution in [-0.2, 0) is 11.3 Å². The number of anilines is 1. The molecule has 1 amide bonds. The van der Waals surface area contributed by atoms with E-state index in [9.17, 15) is 13.6 Å². The van der Waals surface area contributed by atoms with Crippen LogP contribution < -0.4 is 10.1 Å². The van der Waals surface area contributed by atoms with Gasteiger partial charge < -0.3 is 10.1 Å². The van der Waals surface area contributed by atoms with E-state index in [4.69, 9.17) is 4.74 Å². The molecule has 0 bridgehead atoms. The van der Waals surface area contributed by atoms with E-state index >= 15 is 0 Å². The van der Waals surface area contributed by atoms with Crippen LogP contribution in [-0.4, -0.2) is 33.5 Å². The molecule has 6 nitrogen and oxygen atoms in total. The molecule has 0 aliphatic heterocycles. The van der Waals surface area contributed by atoms with Gasteiger partial charge in [-0.2, -0.15) is 0 Å². The lowest BCUT2D eigenvalue weighted by atomic mass is 10.2. The van der Waals surface area contributed by atoms with Gasteiger partial charge in [0.15, 0.2) is 11.0 Å². The molecule has 3 aromatic rings. The number of nitrogens with one attached hydrogen (secondary N) is 1. The lowest BCUT2D eigenvalue weighted by molar-refractivity contribution is -0.113. The highest BCUT2D eigenvalue weighted by molar-refractivity contribution is 7.99. The quantitative estimate of drug-likeness (QED) is 0.441. The zero-order valence-corrected chi connectivity index (χ0v) is 16.4. The van der Waals surface area contributed by atoms with Crippen molar-refractivity contribution in [2.45, 2.75) is 11.7 Å². The number of rotatable bonds is 8. The van der Waals surface area contributed by atoms with Crippen molar-refractivity contribution in [1.82, 2.24) is 14.8 Å². The molecule has 3 rings (SSSR count). The van der Waals surface area contributed by atoms with Crippen LogP contribution in [0.25, 0.3) is 11.4 Å². The largest absolute Gasteiger partial charge is 0.497 e. The fourth-order valence-electron chi connectivity index (χ4n) is 2.55. The van der Waals surface area contributed by atoms with E-state index in [-0.39, 0.29) is 11.4 Å². The molecule has 0 aliphatic rings. The molecule has 2 aromatic carbocycles. The minimum atomic E-state index is -0.707. The number of allylic oxidation sites excluding steroid dienone is 1. The summed E-state index contributed by atoms with van der Waals surface area (Å²) >= 11 is 1.14. The molecule has 0 atom stereocenters. The van der Waals surface area contributed by atoms with Crippen molar-refractivity contribution in [3.8, 4) is 17.1 Å². The Labute approximate surface area is 170 Å². The van der Waals surface area contributed by atoms with Crippen molar-refractivity contribution < 1.29 is 18.3 Å². The fraction of sp³-hybridized carbons (Fsp3) is 0.150. The molecule has 150 valence electrons. The van der Waals surface area contributed by atoms with Gasteiger partial charge in [0.05, 0.1) is 18.6 Å². The van der Waals surface area contributed by atoms with Gasteiger partial charge in [0.1, 0.15) is 17.4 Å². The van der Waals surface area contributed by atoms with Gasteiger partial charge in [0.25, 0.3) is 0 Å². The highest BCUT2D eigenvalue weighted by Crippen LogP contribution is 2.26. The van der Waals surface area contributed by atoms with Crippen molar-refractivity contribution in [3.05, 3.63) is 66.8 Å². The Bertz CT molecular complexity index is 1020. The number of hydrogen-bond donors (Lipinski definition) is 1. The number of carbonyl (C=O) groups is 1. The van der Waals surface area contributed by atoms with Gasteiger partial charge in [0, 0.05) is 18.2 Å². The number of aromatic nitrogens is 3. The Morgan fingerprint density at radius 1 is 1.24 bits per heavy atom. The zero-order valence-electron chi connectivity index (χ0n) is 15.6. The number of carbonyl (C=O) groups excluding carboxylic acids is 1. The van der Waals surface area contributed by atoms with Crippen molar-refractivity contribution in [2.75, 3.05) is 18.2 Å². The zero-order chi connectivity index (χ0) is 20.8. The van der Waals surface area contributed by atoms with Crippen molar-refractivity contribution >= 4 is 23.4 Å². The summed E-state index contributed by atoms with van der Waals surface area (Å²) in [4.78, 5) is 12.2. The molecule has 0 unspecified atom stereocenters. The third kappa shape index (κ3) is 5.00. The molecular formula is C20H18F2N4O2S. The van der Waals surface area contributed by atoms with Gasteiger partial charge >= 0.3 is 0 Å². The summed E-state index contributed by atoms with van der Waals surface area (Å²) in [6.07, 6.45) is 1.70. The third-order valence-corrected chi connectivity index (χ3v) is 4.88. The molecule has 0 saturated heterocycles. The average molecular weight is 416 g/mol. The first-order valence-corrected chi connectivity index (χ1v) is 9.56. The first-order valence-electron chi connectivity index (χ1n) is 8.58. The molecule has 1 N–H and O–H groups in total. The first-order chi connectivity index (χ1) is 14.0. The molecule has 0 fully saturated rings. The summed E-state index contributed by atoms with van der Waals surface area (Å²) < 4.78 is 33.9. The number of ether oxygens (including phenoxy) is 1. The Hall–Kier alpha value is -3.20. The number of amides is 1. The second kappa shape index (κ2) is 9.33. The smallest absolute Gasteiger partial charge is 0.234 e. The third-order valence-electron chi connectivity index (χ3n) is 3.91. The van der Waals surface area contributed by atoms with Gasteiger partial charge in [-0.25, -0.2) is 8.78 Å². The number of methoxy groups -OCH3 is 1. The van der Waals surface area contributed by atoms with Crippen LogP contribution in [0, 0.1) is 11.6 Å². The molecular weight excluding hydrogens is 398 g/mol. The Kier molecular flexibility index (Phi) is 6.61. The van der Waals surface area contributed by atoms with Crippen LogP contribution in [0.5, 0.6) is 5.75 Å². The molecule has 29 heavy (non-hydrogen) atoms. The number of nitrogens with zero attached hydrogens (tertiary/aromatic N) is 3. The Morgan fingerprint density at radius 3 is 2.69 bits per heavy atom. The van der Waals surface area contributed by atoms with Gasteiger partial charge in [-0.3, -0.25) is 9.36 Å². The van der Waals surface area contributed by atoms with Crippen molar-refractivity contribution in [2.24, 2.45) is 0 Å². The number of halogens is 2. The monoisotopic (exact) mass is 416 g/mol. The molecule has 0 spiro atoms. The van der Waals surface area contributed by atoms with E-state index in [1.165, 1.54) is 0 Å². The van der Waals surface area contributed by atoms with Gasteiger partial charge in [-0.1, -0.05) is 17.8 Å². The highest BCUT2D eigenvalue weighted by Gasteiger charge is 2.16.